The largest absolute Gasteiger partial charge is 0.382 e. The number of hydrogen-bond acceptors (Lipinski definition) is 5. The molecule has 5 nitrogen and oxygen atoms in total. The highest BCUT2D eigenvalue weighted by molar-refractivity contribution is 7.11. The summed E-state index contributed by atoms with van der Waals surface area (Å²) in [6.45, 7) is 3.00. The number of hydrogen-bond donors (Lipinski definition) is 3. The number of carbonyl (C=O) groups excluding carboxylic acids is 1. The van der Waals surface area contributed by atoms with Crippen LogP contribution in [-0.2, 0) is 0 Å². The molecule has 0 radical (unpaired) electrons. The lowest BCUT2D eigenvalue weighted by atomic mass is 10.2. The summed E-state index contributed by atoms with van der Waals surface area (Å²) < 4.78 is 3.98. The van der Waals surface area contributed by atoms with E-state index in [2.05, 4.69) is 21.9 Å². The first-order valence-corrected chi connectivity index (χ1v) is 6.19. The number of amides is 1. The minimum absolute atomic E-state index is 0.191. The minimum atomic E-state index is -0.191. The lowest BCUT2D eigenvalue weighted by molar-refractivity contribution is 0.0965. The van der Waals surface area contributed by atoms with E-state index in [4.69, 9.17) is 5.73 Å². The van der Waals surface area contributed by atoms with Crippen molar-refractivity contribution in [1.29, 1.82) is 0 Å². The average Bonchev–Trinajstić information content (AvgIpc) is 2.65. The second-order valence-electron chi connectivity index (χ2n) is 3.48. The standard InChI is InChI=1S/C10H18N4OS/c1-3-4-5-6-13-10-7(9(15)12-2)8(11)14-16-10/h13H,3-6H2,1-2H3,(H2,11,14)(H,12,15). The fourth-order valence-electron chi connectivity index (χ4n) is 1.34. The summed E-state index contributed by atoms with van der Waals surface area (Å²) in [6.07, 6.45) is 3.44. The first-order valence-electron chi connectivity index (χ1n) is 5.41. The molecule has 1 aromatic rings. The van der Waals surface area contributed by atoms with Gasteiger partial charge >= 0.3 is 0 Å². The lowest BCUT2D eigenvalue weighted by Crippen LogP contribution is -2.20. The van der Waals surface area contributed by atoms with Crippen molar-refractivity contribution in [2.24, 2.45) is 0 Å². The number of unbranched alkanes of at least 4 members (excludes halogenated alkanes) is 2. The van der Waals surface area contributed by atoms with Gasteiger partial charge in [-0.3, -0.25) is 4.79 Å². The Labute approximate surface area is 99.6 Å². The second-order valence-corrected chi connectivity index (χ2v) is 4.26. The van der Waals surface area contributed by atoms with Gasteiger partial charge in [-0.25, -0.2) is 0 Å². The first kappa shape index (κ1) is 12.8. The van der Waals surface area contributed by atoms with Gasteiger partial charge in [-0.2, -0.15) is 4.37 Å². The van der Waals surface area contributed by atoms with Gasteiger partial charge < -0.3 is 16.4 Å². The molecule has 0 bridgehead atoms. The predicted molar refractivity (Wildman–Crippen MR) is 67.9 cm³/mol. The van der Waals surface area contributed by atoms with Crippen molar-refractivity contribution in [2.75, 3.05) is 24.6 Å². The Morgan fingerprint density at radius 1 is 1.50 bits per heavy atom. The number of nitrogens with one attached hydrogen (secondary N) is 2. The fraction of sp³-hybridized carbons (Fsp3) is 0.600. The number of anilines is 2. The average molecular weight is 242 g/mol. The van der Waals surface area contributed by atoms with Gasteiger partial charge in [0, 0.05) is 13.6 Å². The molecule has 0 aromatic carbocycles. The van der Waals surface area contributed by atoms with E-state index in [1.54, 1.807) is 7.05 Å². The highest BCUT2D eigenvalue weighted by Crippen LogP contribution is 2.26. The van der Waals surface area contributed by atoms with Crippen molar-refractivity contribution in [2.45, 2.75) is 26.2 Å². The first-order chi connectivity index (χ1) is 7.70. The maximum atomic E-state index is 11.5. The molecular weight excluding hydrogens is 224 g/mol. The molecule has 16 heavy (non-hydrogen) atoms. The molecule has 0 saturated heterocycles. The van der Waals surface area contributed by atoms with E-state index in [9.17, 15) is 4.79 Å². The zero-order valence-electron chi connectivity index (χ0n) is 9.67. The van der Waals surface area contributed by atoms with E-state index in [-0.39, 0.29) is 5.91 Å². The Hall–Kier alpha value is -1.30. The van der Waals surface area contributed by atoms with Gasteiger partial charge in [0.15, 0.2) is 5.82 Å². The van der Waals surface area contributed by atoms with E-state index in [0.717, 1.165) is 18.0 Å². The minimum Gasteiger partial charge on any atom is -0.382 e. The van der Waals surface area contributed by atoms with Gasteiger partial charge in [0.25, 0.3) is 5.91 Å². The summed E-state index contributed by atoms with van der Waals surface area (Å²) in [5, 5.41) is 6.51. The zero-order chi connectivity index (χ0) is 12.0. The van der Waals surface area contributed by atoms with Crippen LogP contribution in [0.15, 0.2) is 0 Å². The highest BCUT2D eigenvalue weighted by atomic mass is 32.1. The molecule has 0 unspecified atom stereocenters. The molecule has 1 aromatic heterocycles. The van der Waals surface area contributed by atoms with Crippen LogP contribution >= 0.6 is 11.5 Å². The number of nitrogens with two attached hydrogens (primary N) is 1. The van der Waals surface area contributed by atoms with E-state index in [1.807, 2.05) is 0 Å². The molecule has 6 heteroatoms. The number of rotatable bonds is 6. The maximum Gasteiger partial charge on any atom is 0.257 e. The van der Waals surface area contributed by atoms with Crippen molar-refractivity contribution >= 4 is 28.3 Å². The Balaban J connectivity index is 2.62. The summed E-state index contributed by atoms with van der Waals surface area (Å²) in [4.78, 5) is 11.5. The molecule has 90 valence electrons. The fourth-order valence-corrected chi connectivity index (χ4v) is 2.08. The van der Waals surface area contributed by atoms with Crippen LogP contribution in [0.3, 0.4) is 0 Å². The second kappa shape index (κ2) is 6.32. The number of nitrogen functional groups attached to an aromatic ring is 1. The highest BCUT2D eigenvalue weighted by Gasteiger charge is 2.17. The number of carbonyl (C=O) groups is 1. The van der Waals surface area contributed by atoms with E-state index >= 15 is 0 Å². The maximum absolute atomic E-state index is 11.5. The summed E-state index contributed by atoms with van der Waals surface area (Å²) in [5.74, 6) is 0.103. The predicted octanol–water partition coefficient (Wildman–Crippen LogP) is 1.69. The van der Waals surface area contributed by atoms with E-state index in [1.165, 1.54) is 24.4 Å². The van der Waals surface area contributed by atoms with Crippen molar-refractivity contribution in [1.82, 2.24) is 9.69 Å². The third kappa shape index (κ3) is 3.10. The van der Waals surface area contributed by atoms with Gasteiger partial charge in [0.1, 0.15) is 10.6 Å². The van der Waals surface area contributed by atoms with Crippen LogP contribution in [-0.4, -0.2) is 23.9 Å². The van der Waals surface area contributed by atoms with Crippen LogP contribution < -0.4 is 16.4 Å². The molecule has 1 rings (SSSR count). The molecule has 0 spiro atoms. The van der Waals surface area contributed by atoms with Crippen LogP contribution in [0.5, 0.6) is 0 Å². The third-order valence-electron chi connectivity index (χ3n) is 2.24. The molecule has 0 aliphatic heterocycles. The van der Waals surface area contributed by atoms with E-state index in [0.29, 0.717) is 11.4 Å². The quantitative estimate of drug-likeness (QED) is 0.663. The van der Waals surface area contributed by atoms with Crippen LogP contribution in [0.25, 0.3) is 0 Å². The Morgan fingerprint density at radius 2 is 2.25 bits per heavy atom. The molecular formula is C10H18N4OS. The molecule has 4 N–H and O–H groups in total. The summed E-state index contributed by atoms with van der Waals surface area (Å²) >= 11 is 1.23. The SMILES string of the molecule is CCCCCNc1snc(N)c1C(=O)NC. The van der Waals surface area contributed by atoms with Crippen molar-refractivity contribution < 1.29 is 4.79 Å². The van der Waals surface area contributed by atoms with Gasteiger partial charge in [0.05, 0.1) is 0 Å². The molecule has 1 amide bonds. The van der Waals surface area contributed by atoms with Crippen LogP contribution in [0.2, 0.25) is 0 Å². The Bertz CT molecular complexity index is 351. The molecule has 0 aliphatic rings. The topological polar surface area (TPSA) is 80.0 Å². The van der Waals surface area contributed by atoms with Gasteiger partial charge in [-0.1, -0.05) is 19.8 Å². The summed E-state index contributed by atoms with van der Waals surface area (Å²) in [7, 11) is 1.58. The van der Waals surface area contributed by atoms with Crippen molar-refractivity contribution in [3.05, 3.63) is 5.56 Å². The normalized spacial score (nSPS) is 10.1. The van der Waals surface area contributed by atoms with Crippen LogP contribution in [0.1, 0.15) is 36.5 Å². The summed E-state index contributed by atoms with van der Waals surface area (Å²) in [6, 6.07) is 0. The Morgan fingerprint density at radius 3 is 2.88 bits per heavy atom. The molecule has 0 saturated carbocycles. The van der Waals surface area contributed by atoms with Crippen molar-refractivity contribution in [3.63, 3.8) is 0 Å². The Kier molecular flexibility index (Phi) is 5.04. The number of aromatic nitrogens is 1. The van der Waals surface area contributed by atoms with Crippen LogP contribution in [0, 0.1) is 0 Å². The van der Waals surface area contributed by atoms with E-state index < -0.39 is 0 Å². The summed E-state index contributed by atoms with van der Waals surface area (Å²) in [5.41, 5.74) is 6.11. The van der Waals surface area contributed by atoms with Gasteiger partial charge in [-0.15, -0.1) is 0 Å². The molecule has 0 aliphatic carbocycles. The third-order valence-corrected chi connectivity index (χ3v) is 3.06. The zero-order valence-corrected chi connectivity index (χ0v) is 10.5. The van der Waals surface area contributed by atoms with Gasteiger partial charge in [-0.05, 0) is 18.0 Å². The van der Waals surface area contributed by atoms with Crippen molar-refractivity contribution in [3.8, 4) is 0 Å². The molecule has 0 fully saturated rings. The molecule has 1 heterocycles. The van der Waals surface area contributed by atoms with Crippen LogP contribution in [0.4, 0.5) is 10.8 Å². The van der Waals surface area contributed by atoms with Gasteiger partial charge in [0.2, 0.25) is 0 Å². The molecule has 0 atom stereocenters. The smallest absolute Gasteiger partial charge is 0.257 e. The monoisotopic (exact) mass is 242 g/mol. The lowest BCUT2D eigenvalue weighted by Gasteiger charge is -2.05. The number of nitrogens with zero attached hydrogens (tertiary/aromatic N) is 1.